The summed E-state index contributed by atoms with van der Waals surface area (Å²) in [5, 5.41) is 12.8. The van der Waals surface area contributed by atoms with E-state index in [0.717, 1.165) is 71.3 Å². The Kier molecular flexibility index (Phi) is 5.86. The number of rotatable bonds is 6. The van der Waals surface area contributed by atoms with Gasteiger partial charge in [-0.05, 0) is 80.0 Å². The molecule has 0 spiro atoms. The summed E-state index contributed by atoms with van der Waals surface area (Å²) >= 11 is 0.908. The third kappa shape index (κ3) is 4.62. The number of furan rings is 1. The van der Waals surface area contributed by atoms with Crippen LogP contribution in [-0.4, -0.2) is 40.3 Å². The summed E-state index contributed by atoms with van der Waals surface area (Å²) in [4.78, 5) is 25.8. The van der Waals surface area contributed by atoms with Crippen LogP contribution in [-0.2, 0) is 11.3 Å². The van der Waals surface area contributed by atoms with Crippen molar-refractivity contribution in [1.82, 2.24) is 10.2 Å². The first-order chi connectivity index (χ1) is 16.0. The van der Waals surface area contributed by atoms with Gasteiger partial charge in [0.1, 0.15) is 29.4 Å². The topological polar surface area (TPSA) is 92.0 Å². The van der Waals surface area contributed by atoms with Crippen LogP contribution in [0.3, 0.4) is 0 Å². The SMILES string of the molecule is Cc1oc2ccc(O)cc2c1CN1CCC[C@H]1COc1ccc(C=C2SC(=O)NC2=O)cc1. The predicted molar refractivity (Wildman–Crippen MR) is 127 cm³/mol. The van der Waals surface area contributed by atoms with Crippen molar-refractivity contribution in [3.8, 4) is 11.5 Å². The van der Waals surface area contributed by atoms with E-state index >= 15 is 0 Å². The van der Waals surface area contributed by atoms with Crippen molar-refractivity contribution in [1.29, 1.82) is 0 Å². The number of carbonyl (C=O) groups excluding carboxylic acids is 2. The van der Waals surface area contributed by atoms with E-state index in [2.05, 4.69) is 10.2 Å². The Morgan fingerprint density at radius 2 is 2.06 bits per heavy atom. The first kappa shape index (κ1) is 21.6. The number of hydrogen-bond donors (Lipinski definition) is 2. The van der Waals surface area contributed by atoms with Crippen LogP contribution in [0.15, 0.2) is 51.8 Å². The van der Waals surface area contributed by atoms with E-state index < -0.39 is 0 Å². The molecule has 33 heavy (non-hydrogen) atoms. The highest BCUT2D eigenvalue weighted by molar-refractivity contribution is 8.18. The summed E-state index contributed by atoms with van der Waals surface area (Å²) in [5.74, 6) is 1.52. The molecule has 2 aliphatic rings. The highest BCUT2D eigenvalue weighted by atomic mass is 32.2. The van der Waals surface area contributed by atoms with Gasteiger partial charge in [0.15, 0.2) is 0 Å². The molecular formula is C25H24N2O5S. The average molecular weight is 465 g/mol. The summed E-state index contributed by atoms with van der Waals surface area (Å²) < 4.78 is 12.0. The summed E-state index contributed by atoms with van der Waals surface area (Å²) in [5.41, 5.74) is 2.74. The third-order valence-corrected chi connectivity index (χ3v) is 6.91. The van der Waals surface area contributed by atoms with Gasteiger partial charge in [-0.25, -0.2) is 0 Å². The minimum Gasteiger partial charge on any atom is -0.508 e. The molecule has 8 heteroatoms. The van der Waals surface area contributed by atoms with E-state index in [-0.39, 0.29) is 22.9 Å². The van der Waals surface area contributed by atoms with Crippen molar-refractivity contribution >= 4 is 40.0 Å². The van der Waals surface area contributed by atoms with Crippen LogP contribution in [0.5, 0.6) is 11.5 Å². The highest BCUT2D eigenvalue weighted by Crippen LogP contribution is 2.32. The second-order valence-electron chi connectivity index (χ2n) is 8.32. The maximum Gasteiger partial charge on any atom is 0.290 e. The summed E-state index contributed by atoms with van der Waals surface area (Å²) in [6.45, 7) is 4.28. The van der Waals surface area contributed by atoms with Gasteiger partial charge in [0.2, 0.25) is 0 Å². The van der Waals surface area contributed by atoms with E-state index in [4.69, 9.17) is 9.15 Å². The van der Waals surface area contributed by atoms with Gasteiger partial charge < -0.3 is 14.3 Å². The number of imide groups is 1. The summed E-state index contributed by atoms with van der Waals surface area (Å²) in [7, 11) is 0. The van der Waals surface area contributed by atoms with E-state index in [1.807, 2.05) is 31.2 Å². The lowest BCUT2D eigenvalue weighted by molar-refractivity contribution is -0.115. The number of amides is 2. The summed E-state index contributed by atoms with van der Waals surface area (Å²) in [6.07, 6.45) is 3.87. The maximum atomic E-state index is 11.7. The number of ether oxygens (including phenoxy) is 1. The fraction of sp³-hybridized carbons (Fsp3) is 0.280. The van der Waals surface area contributed by atoms with Crippen LogP contribution in [0.4, 0.5) is 4.79 Å². The van der Waals surface area contributed by atoms with Crippen molar-refractivity contribution in [3.05, 3.63) is 64.3 Å². The zero-order valence-corrected chi connectivity index (χ0v) is 19.0. The van der Waals surface area contributed by atoms with Crippen LogP contribution in [0.25, 0.3) is 17.0 Å². The Morgan fingerprint density at radius 3 is 2.82 bits per heavy atom. The molecule has 0 bridgehead atoms. The molecule has 1 atom stereocenters. The molecule has 2 N–H and O–H groups in total. The molecule has 7 nitrogen and oxygen atoms in total. The Labute approximate surface area is 195 Å². The Hall–Kier alpha value is -3.23. The van der Waals surface area contributed by atoms with Gasteiger partial charge >= 0.3 is 0 Å². The second-order valence-corrected chi connectivity index (χ2v) is 9.33. The monoisotopic (exact) mass is 464 g/mol. The zero-order valence-electron chi connectivity index (χ0n) is 18.2. The smallest absolute Gasteiger partial charge is 0.290 e. The number of phenolic OH excluding ortho intramolecular Hbond substituents is 1. The molecule has 5 rings (SSSR count). The second kappa shape index (κ2) is 8.96. The Morgan fingerprint density at radius 1 is 1.24 bits per heavy atom. The van der Waals surface area contributed by atoms with Gasteiger partial charge in [-0.1, -0.05) is 12.1 Å². The molecule has 3 heterocycles. The number of likely N-dealkylation sites (tertiary alicyclic amines) is 1. The van der Waals surface area contributed by atoms with Gasteiger partial charge in [-0.3, -0.25) is 19.8 Å². The molecular weight excluding hydrogens is 440 g/mol. The molecule has 2 fully saturated rings. The van der Waals surface area contributed by atoms with E-state index in [1.165, 1.54) is 0 Å². The predicted octanol–water partition coefficient (Wildman–Crippen LogP) is 4.81. The first-order valence-corrected chi connectivity index (χ1v) is 11.7. The van der Waals surface area contributed by atoms with Gasteiger partial charge in [0.05, 0.1) is 4.91 Å². The lowest BCUT2D eigenvalue weighted by Gasteiger charge is -2.24. The molecule has 2 aliphatic heterocycles. The molecule has 170 valence electrons. The molecule has 1 aromatic heterocycles. The fourth-order valence-corrected chi connectivity index (χ4v) is 5.06. The Bertz CT molecular complexity index is 1250. The number of phenols is 1. The number of thioether (sulfide) groups is 1. The van der Waals surface area contributed by atoms with Crippen molar-refractivity contribution in [2.24, 2.45) is 0 Å². The van der Waals surface area contributed by atoms with Crippen molar-refractivity contribution < 1.29 is 23.8 Å². The van der Waals surface area contributed by atoms with Gasteiger partial charge in [0, 0.05) is 23.5 Å². The van der Waals surface area contributed by atoms with Crippen LogP contribution < -0.4 is 10.1 Å². The number of nitrogens with zero attached hydrogens (tertiary/aromatic N) is 1. The quantitative estimate of drug-likeness (QED) is 0.506. The normalized spacial score (nSPS) is 20.2. The van der Waals surface area contributed by atoms with Gasteiger partial charge in [-0.2, -0.15) is 0 Å². The molecule has 2 aromatic carbocycles. The molecule has 0 saturated carbocycles. The molecule has 2 amide bonds. The van der Waals surface area contributed by atoms with Crippen LogP contribution in [0.1, 0.15) is 29.7 Å². The minimum absolute atomic E-state index is 0.240. The summed E-state index contributed by atoms with van der Waals surface area (Å²) in [6, 6.07) is 13.0. The Balaban J connectivity index is 1.23. The lowest BCUT2D eigenvalue weighted by Crippen LogP contribution is -2.33. The van der Waals surface area contributed by atoms with Crippen molar-refractivity contribution in [3.63, 3.8) is 0 Å². The first-order valence-electron chi connectivity index (χ1n) is 10.9. The molecule has 0 aliphatic carbocycles. The minimum atomic E-state index is -0.359. The number of benzene rings is 2. The number of hydrogen-bond acceptors (Lipinski definition) is 7. The lowest BCUT2D eigenvalue weighted by atomic mass is 10.1. The third-order valence-electron chi connectivity index (χ3n) is 6.10. The van der Waals surface area contributed by atoms with Crippen molar-refractivity contribution in [2.75, 3.05) is 13.2 Å². The van der Waals surface area contributed by atoms with Crippen LogP contribution >= 0.6 is 11.8 Å². The van der Waals surface area contributed by atoms with Crippen LogP contribution in [0, 0.1) is 6.92 Å². The van der Waals surface area contributed by atoms with Crippen LogP contribution in [0.2, 0.25) is 0 Å². The molecule has 2 saturated heterocycles. The standard InChI is InChI=1S/C25H24N2O5S/c1-15-21(20-12-18(28)6-9-22(20)32-15)13-27-10-2-3-17(27)14-31-19-7-4-16(5-8-19)11-23-24(29)26-25(30)33-23/h4-9,11-12,17,28H,2-3,10,13-14H2,1H3,(H,26,29,30)/t17-/m0/s1. The van der Waals surface area contributed by atoms with E-state index in [0.29, 0.717) is 11.5 Å². The van der Waals surface area contributed by atoms with E-state index in [1.54, 1.807) is 24.3 Å². The van der Waals surface area contributed by atoms with E-state index in [9.17, 15) is 14.7 Å². The maximum absolute atomic E-state index is 11.7. The fourth-order valence-electron chi connectivity index (χ4n) is 4.38. The highest BCUT2D eigenvalue weighted by Gasteiger charge is 2.27. The number of carbonyl (C=O) groups is 2. The van der Waals surface area contributed by atoms with Crippen molar-refractivity contribution in [2.45, 2.75) is 32.4 Å². The largest absolute Gasteiger partial charge is 0.508 e. The molecule has 0 radical (unpaired) electrons. The van der Waals surface area contributed by atoms with Gasteiger partial charge in [-0.15, -0.1) is 0 Å². The number of aryl methyl sites for hydroxylation is 1. The number of nitrogens with one attached hydrogen (secondary N) is 1. The average Bonchev–Trinajstić information content (AvgIpc) is 3.46. The number of aromatic hydroxyl groups is 1. The number of fused-ring (bicyclic) bond motifs is 1. The molecule has 0 unspecified atom stereocenters. The van der Waals surface area contributed by atoms with Gasteiger partial charge in [0.25, 0.3) is 11.1 Å². The zero-order chi connectivity index (χ0) is 22.9. The molecule has 3 aromatic rings.